The summed E-state index contributed by atoms with van der Waals surface area (Å²) in [4.78, 5) is 40.9. The first kappa shape index (κ1) is 17.1. The zero-order chi connectivity index (χ0) is 18.3. The van der Waals surface area contributed by atoms with Crippen LogP contribution in [0.25, 0.3) is 10.2 Å². The Balaban J connectivity index is 2.00. The number of rotatable bonds is 3. The van der Waals surface area contributed by atoms with E-state index in [1.54, 1.807) is 14.0 Å². The average Bonchev–Trinajstić information content (AvgIpc) is 2.90. The molecule has 1 aromatic carbocycles. The number of benzene rings is 1. The quantitative estimate of drug-likeness (QED) is 0.730. The predicted molar refractivity (Wildman–Crippen MR) is 96.0 cm³/mol. The molecule has 0 aliphatic heterocycles. The molecule has 0 bridgehead atoms. The first-order valence-electron chi connectivity index (χ1n) is 7.08. The van der Waals surface area contributed by atoms with Gasteiger partial charge in [0.15, 0.2) is 0 Å². The van der Waals surface area contributed by atoms with E-state index in [0.717, 1.165) is 11.3 Å². The number of nitrogens with zero attached hydrogens (tertiary/aromatic N) is 2. The van der Waals surface area contributed by atoms with Crippen molar-refractivity contribution in [3.8, 4) is 0 Å². The summed E-state index contributed by atoms with van der Waals surface area (Å²) in [5.41, 5.74) is 0.503. The predicted octanol–water partition coefficient (Wildman–Crippen LogP) is 2.91. The summed E-state index contributed by atoms with van der Waals surface area (Å²) in [6.45, 7) is 1.68. The Morgan fingerprint density at radius 2 is 2.08 bits per heavy atom. The summed E-state index contributed by atoms with van der Waals surface area (Å²) in [5.74, 6) is -1.63. The SMILES string of the molecule is Cc1c(C(=O)Nc2ccc(Cl)c(C(=O)O)c2)sc2ncn(C)c(=O)c12. The van der Waals surface area contributed by atoms with Crippen LogP contribution in [-0.2, 0) is 7.05 Å². The van der Waals surface area contributed by atoms with Gasteiger partial charge in [0.1, 0.15) is 4.83 Å². The maximum absolute atomic E-state index is 12.5. The molecular weight excluding hydrogens is 366 g/mol. The number of hydrogen-bond acceptors (Lipinski definition) is 5. The van der Waals surface area contributed by atoms with Gasteiger partial charge in [-0.05, 0) is 30.7 Å². The number of hydrogen-bond donors (Lipinski definition) is 2. The number of carbonyl (C=O) groups excluding carboxylic acids is 1. The first-order valence-corrected chi connectivity index (χ1v) is 8.28. The van der Waals surface area contributed by atoms with Crippen LogP contribution in [0.5, 0.6) is 0 Å². The second-order valence-corrected chi connectivity index (χ2v) is 6.76. The summed E-state index contributed by atoms with van der Waals surface area (Å²) in [5, 5.41) is 12.2. The number of anilines is 1. The number of carbonyl (C=O) groups is 2. The van der Waals surface area contributed by atoms with Gasteiger partial charge in [0.05, 0.1) is 27.2 Å². The minimum atomic E-state index is -1.19. The Bertz CT molecular complexity index is 1090. The van der Waals surface area contributed by atoms with Crippen molar-refractivity contribution in [3.05, 3.63) is 55.9 Å². The minimum Gasteiger partial charge on any atom is -0.478 e. The zero-order valence-corrected chi connectivity index (χ0v) is 14.7. The third-order valence-electron chi connectivity index (χ3n) is 3.67. The molecule has 0 spiro atoms. The first-order chi connectivity index (χ1) is 11.8. The monoisotopic (exact) mass is 377 g/mol. The molecule has 2 heterocycles. The fourth-order valence-corrected chi connectivity index (χ4v) is 3.61. The highest BCUT2D eigenvalue weighted by molar-refractivity contribution is 7.20. The molecule has 7 nitrogen and oxygen atoms in total. The van der Waals surface area contributed by atoms with Crippen molar-refractivity contribution in [2.75, 3.05) is 5.32 Å². The fourth-order valence-electron chi connectivity index (χ4n) is 2.38. The van der Waals surface area contributed by atoms with Gasteiger partial charge >= 0.3 is 5.97 Å². The van der Waals surface area contributed by atoms with Crippen molar-refractivity contribution in [2.45, 2.75) is 6.92 Å². The molecule has 3 aromatic rings. The van der Waals surface area contributed by atoms with E-state index in [0.29, 0.717) is 26.3 Å². The van der Waals surface area contributed by atoms with Crippen LogP contribution in [0.1, 0.15) is 25.6 Å². The third kappa shape index (κ3) is 3.01. The summed E-state index contributed by atoms with van der Waals surface area (Å²) < 4.78 is 1.35. The largest absolute Gasteiger partial charge is 0.478 e. The molecule has 128 valence electrons. The molecule has 0 fully saturated rings. The molecule has 0 aliphatic carbocycles. The maximum Gasteiger partial charge on any atom is 0.337 e. The van der Waals surface area contributed by atoms with Crippen LogP contribution in [-0.4, -0.2) is 26.5 Å². The number of aryl methyl sites for hydroxylation is 2. The van der Waals surface area contributed by atoms with E-state index in [2.05, 4.69) is 10.3 Å². The molecular formula is C16H12ClN3O4S. The van der Waals surface area contributed by atoms with Crippen molar-refractivity contribution in [2.24, 2.45) is 7.05 Å². The van der Waals surface area contributed by atoms with Gasteiger partial charge in [-0.15, -0.1) is 11.3 Å². The van der Waals surface area contributed by atoms with E-state index in [1.807, 2.05) is 0 Å². The molecule has 1 amide bonds. The molecule has 0 atom stereocenters. The van der Waals surface area contributed by atoms with E-state index in [9.17, 15) is 14.4 Å². The van der Waals surface area contributed by atoms with E-state index >= 15 is 0 Å². The van der Waals surface area contributed by atoms with Crippen LogP contribution in [0.2, 0.25) is 5.02 Å². The van der Waals surface area contributed by atoms with E-state index < -0.39 is 11.9 Å². The van der Waals surface area contributed by atoms with E-state index in [-0.39, 0.29) is 16.1 Å². The van der Waals surface area contributed by atoms with E-state index in [4.69, 9.17) is 16.7 Å². The standard InChI is InChI=1S/C16H12ClN3O4S/c1-7-11-14(18-6-20(2)15(11)22)25-12(7)13(21)19-8-3-4-10(17)9(5-8)16(23)24/h3-6H,1-2H3,(H,19,21)(H,23,24). The van der Waals surface area contributed by atoms with Gasteiger partial charge in [0.2, 0.25) is 0 Å². The van der Waals surface area contributed by atoms with Gasteiger partial charge in [0.25, 0.3) is 11.5 Å². The molecule has 0 saturated heterocycles. The highest BCUT2D eigenvalue weighted by Crippen LogP contribution is 2.28. The molecule has 2 N–H and O–H groups in total. The summed E-state index contributed by atoms with van der Waals surface area (Å²) in [6, 6.07) is 4.19. The zero-order valence-electron chi connectivity index (χ0n) is 13.2. The van der Waals surface area contributed by atoms with Crippen LogP contribution < -0.4 is 10.9 Å². The van der Waals surface area contributed by atoms with Gasteiger partial charge in [-0.25, -0.2) is 9.78 Å². The number of carboxylic acids is 1. The lowest BCUT2D eigenvalue weighted by Gasteiger charge is -2.06. The van der Waals surface area contributed by atoms with Crippen LogP contribution in [0.3, 0.4) is 0 Å². The number of aromatic nitrogens is 2. The van der Waals surface area contributed by atoms with Gasteiger partial charge in [-0.3, -0.25) is 9.59 Å². The summed E-state index contributed by atoms with van der Waals surface area (Å²) in [6.07, 6.45) is 1.40. The van der Waals surface area contributed by atoms with Gasteiger partial charge in [0, 0.05) is 12.7 Å². The van der Waals surface area contributed by atoms with Crippen LogP contribution >= 0.6 is 22.9 Å². The number of thiophene rings is 1. The molecule has 0 saturated carbocycles. The number of fused-ring (bicyclic) bond motifs is 1. The maximum atomic E-state index is 12.5. The Morgan fingerprint density at radius 1 is 1.36 bits per heavy atom. The number of nitrogens with one attached hydrogen (secondary N) is 1. The van der Waals surface area contributed by atoms with Crippen molar-refractivity contribution in [3.63, 3.8) is 0 Å². The molecule has 2 aromatic heterocycles. The van der Waals surface area contributed by atoms with Crippen molar-refractivity contribution in [1.29, 1.82) is 0 Å². The lowest BCUT2D eigenvalue weighted by atomic mass is 10.2. The number of halogens is 1. The summed E-state index contributed by atoms with van der Waals surface area (Å²) >= 11 is 6.93. The second-order valence-electron chi connectivity index (χ2n) is 5.35. The normalized spacial score (nSPS) is 10.8. The highest BCUT2D eigenvalue weighted by Gasteiger charge is 2.19. The van der Waals surface area contributed by atoms with E-state index in [1.165, 1.54) is 29.1 Å². The number of aromatic carboxylic acids is 1. The topological polar surface area (TPSA) is 101 Å². The molecule has 0 aliphatic rings. The van der Waals surface area contributed by atoms with Crippen molar-refractivity contribution < 1.29 is 14.7 Å². The molecule has 0 unspecified atom stereocenters. The van der Waals surface area contributed by atoms with Gasteiger partial charge < -0.3 is 15.0 Å². The van der Waals surface area contributed by atoms with Crippen molar-refractivity contribution in [1.82, 2.24) is 9.55 Å². The molecule has 25 heavy (non-hydrogen) atoms. The molecule has 3 rings (SSSR count). The second kappa shape index (κ2) is 6.30. The van der Waals surface area contributed by atoms with Crippen LogP contribution in [0.4, 0.5) is 5.69 Å². The van der Waals surface area contributed by atoms with Crippen LogP contribution in [0, 0.1) is 6.92 Å². The minimum absolute atomic E-state index is 0.0799. The smallest absolute Gasteiger partial charge is 0.337 e. The van der Waals surface area contributed by atoms with Gasteiger partial charge in [-0.1, -0.05) is 11.6 Å². The third-order valence-corrected chi connectivity index (χ3v) is 5.20. The Hall–Kier alpha value is -2.71. The average molecular weight is 378 g/mol. The molecule has 9 heteroatoms. The Kier molecular flexibility index (Phi) is 4.32. The summed E-state index contributed by atoms with van der Waals surface area (Å²) in [7, 11) is 1.59. The fraction of sp³-hybridized carbons (Fsp3) is 0.125. The Labute approximate surface area is 150 Å². The van der Waals surface area contributed by atoms with Crippen LogP contribution in [0.15, 0.2) is 29.3 Å². The number of carboxylic acid groups (broad SMARTS) is 1. The lowest BCUT2D eigenvalue weighted by molar-refractivity contribution is 0.0696. The molecule has 0 radical (unpaired) electrons. The van der Waals surface area contributed by atoms with Crippen molar-refractivity contribution >= 4 is 50.7 Å². The lowest BCUT2D eigenvalue weighted by Crippen LogP contribution is -2.17. The van der Waals surface area contributed by atoms with Gasteiger partial charge in [-0.2, -0.15) is 0 Å². The number of amides is 1. The Morgan fingerprint density at radius 3 is 2.76 bits per heavy atom. The highest BCUT2D eigenvalue weighted by atomic mass is 35.5.